The number of anilines is 2. The van der Waals surface area contributed by atoms with E-state index in [9.17, 15) is 9.59 Å². The fourth-order valence-corrected chi connectivity index (χ4v) is 3.34. The SMILES string of the molecule is CC(=O)N(C)c1ccc(NC(=S)NC(=O)CCC2CCCCC2)cc1. The van der Waals surface area contributed by atoms with Crippen LogP contribution in [0, 0.1) is 5.92 Å². The third-order valence-electron chi connectivity index (χ3n) is 4.74. The maximum absolute atomic E-state index is 12.0. The molecule has 25 heavy (non-hydrogen) atoms. The summed E-state index contributed by atoms with van der Waals surface area (Å²) >= 11 is 5.20. The molecule has 0 heterocycles. The first-order valence-electron chi connectivity index (χ1n) is 8.91. The van der Waals surface area contributed by atoms with Gasteiger partial charge >= 0.3 is 0 Å². The average Bonchev–Trinajstić information content (AvgIpc) is 2.60. The molecule has 2 rings (SSSR count). The number of amides is 2. The molecular weight excluding hydrogens is 334 g/mol. The first kappa shape index (κ1) is 19.4. The average molecular weight is 362 g/mol. The van der Waals surface area contributed by atoms with Crippen LogP contribution in [0.4, 0.5) is 11.4 Å². The van der Waals surface area contributed by atoms with E-state index in [4.69, 9.17) is 12.2 Å². The Bertz CT molecular complexity index is 610. The number of rotatable bonds is 5. The van der Waals surface area contributed by atoms with Crippen LogP contribution < -0.4 is 15.5 Å². The third kappa shape index (κ3) is 6.46. The van der Waals surface area contributed by atoms with Crippen LogP contribution in [0.1, 0.15) is 51.9 Å². The highest BCUT2D eigenvalue weighted by Crippen LogP contribution is 2.27. The number of hydrogen-bond donors (Lipinski definition) is 2. The fraction of sp³-hybridized carbons (Fsp3) is 0.526. The highest BCUT2D eigenvalue weighted by molar-refractivity contribution is 7.80. The molecule has 6 heteroatoms. The zero-order valence-electron chi connectivity index (χ0n) is 15.0. The smallest absolute Gasteiger partial charge is 0.226 e. The number of carbonyl (C=O) groups is 2. The maximum Gasteiger partial charge on any atom is 0.226 e. The molecule has 0 spiro atoms. The molecular formula is C19H27N3O2S. The summed E-state index contributed by atoms with van der Waals surface area (Å²) in [6.45, 7) is 1.52. The van der Waals surface area contributed by atoms with Crippen LogP contribution in [0.25, 0.3) is 0 Å². The van der Waals surface area contributed by atoms with Crippen LogP contribution in [0.3, 0.4) is 0 Å². The van der Waals surface area contributed by atoms with Gasteiger partial charge in [-0.2, -0.15) is 0 Å². The van der Waals surface area contributed by atoms with E-state index in [-0.39, 0.29) is 11.8 Å². The molecule has 2 N–H and O–H groups in total. The van der Waals surface area contributed by atoms with Crippen molar-refractivity contribution in [3.05, 3.63) is 24.3 Å². The maximum atomic E-state index is 12.0. The van der Waals surface area contributed by atoms with Crippen molar-refractivity contribution in [2.75, 3.05) is 17.3 Å². The number of nitrogens with one attached hydrogen (secondary N) is 2. The lowest BCUT2D eigenvalue weighted by molar-refractivity contribution is -0.120. The van der Waals surface area contributed by atoms with E-state index < -0.39 is 0 Å². The first-order valence-corrected chi connectivity index (χ1v) is 9.31. The molecule has 5 nitrogen and oxygen atoms in total. The van der Waals surface area contributed by atoms with Gasteiger partial charge in [-0.05, 0) is 48.8 Å². The lowest BCUT2D eigenvalue weighted by atomic mass is 9.86. The molecule has 0 atom stereocenters. The third-order valence-corrected chi connectivity index (χ3v) is 4.95. The minimum atomic E-state index is -0.0315. The standard InChI is InChI=1S/C19H27N3O2S/c1-14(23)22(2)17-11-9-16(10-12-17)20-19(25)21-18(24)13-8-15-6-4-3-5-7-15/h9-12,15H,3-8,13H2,1-2H3,(H2,20,21,24,25). The van der Waals surface area contributed by atoms with E-state index in [0.29, 0.717) is 17.5 Å². The van der Waals surface area contributed by atoms with Crippen molar-refractivity contribution in [2.24, 2.45) is 5.92 Å². The Balaban J connectivity index is 1.75. The Morgan fingerprint density at radius 2 is 1.80 bits per heavy atom. The van der Waals surface area contributed by atoms with Gasteiger partial charge in [0.15, 0.2) is 5.11 Å². The van der Waals surface area contributed by atoms with E-state index >= 15 is 0 Å². The second kappa shape index (κ2) is 9.51. The lowest BCUT2D eigenvalue weighted by Gasteiger charge is -2.21. The monoisotopic (exact) mass is 361 g/mol. The largest absolute Gasteiger partial charge is 0.332 e. The molecule has 1 saturated carbocycles. The van der Waals surface area contributed by atoms with Crippen molar-refractivity contribution in [2.45, 2.75) is 51.9 Å². The fourth-order valence-electron chi connectivity index (χ4n) is 3.11. The molecule has 0 saturated heterocycles. The van der Waals surface area contributed by atoms with Gasteiger partial charge in [0.05, 0.1) is 0 Å². The van der Waals surface area contributed by atoms with Gasteiger partial charge in [0.2, 0.25) is 11.8 Å². The van der Waals surface area contributed by atoms with Crippen LogP contribution in [0.15, 0.2) is 24.3 Å². The predicted octanol–water partition coefficient (Wildman–Crippen LogP) is 3.84. The summed E-state index contributed by atoms with van der Waals surface area (Å²) in [5, 5.41) is 6.05. The zero-order chi connectivity index (χ0) is 18.2. The first-order chi connectivity index (χ1) is 12.0. The van der Waals surface area contributed by atoms with Crippen molar-refractivity contribution in [3.8, 4) is 0 Å². The van der Waals surface area contributed by atoms with E-state index in [1.807, 2.05) is 24.3 Å². The molecule has 0 bridgehead atoms. The molecule has 1 fully saturated rings. The molecule has 1 aromatic carbocycles. The van der Waals surface area contributed by atoms with Gasteiger partial charge in [-0.1, -0.05) is 32.1 Å². The van der Waals surface area contributed by atoms with Crippen molar-refractivity contribution in [1.29, 1.82) is 0 Å². The quantitative estimate of drug-likeness (QED) is 0.782. The number of nitrogens with zero attached hydrogens (tertiary/aromatic N) is 1. The van der Waals surface area contributed by atoms with Crippen LogP contribution in [0.2, 0.25) is 0 Å². The Morgan fingerprint density at radius 3 is 2.40 bits per heavy atom. The lowest BCUT2D eigenvalue weighted by Crippen LogP contribution is -2.34. The Morgan fingerprint density at radius 1 is 1.16 bits per heavy atom. The molecule has 0 aliphatic heterocycles. The number of benzene rings is 1. The second-order valence-electron chi connectivity index (χ2n) is 6.67. The van der Waals surface area contributed by atoms with E-state index in [0.717, 1.165) is 17.8 Å². The van der Waals surface area contributed by atoms with Crippen molar-refractivity contribution < 1.29 is 9.59 Å². The van der Waals surface area contributed by atoms with Crippen molar-refractivity contribution >= 4 is 40.5 Å². The highest BCUT2D eigenvalue weighted by Gasteiger charge is 2.15. The summed E-state index contributed by atoms with van der Waals surface area (Å²) in [6, 6.07) is 7.32. The summed E-state index contributed by atoms with van der Waals surface area (Å²) in [5.74, 6) is 0.629. The van der Waals surface area contributed by atoms with E-state index in [2.05, 4.69) is 10.6 Å². The summed E-state index contributed by atoms with van der Waals surface area (Å²) in [6.07, 6.45) is 7.88. The molecule has 1 aliphatic rings. The topological polar surface area (TPSA) is 61.4 Å². The predicted molar refractivity (Wildman–Crippen MR) is 106 cm³/mol. The number of thiocarbonyl (C=S) groups is 1. The Labute approximate surface area is 155 Å². The van der Waals surface area contributed by atoms with E-state index in [1.165, 1.54) is 39.0 Å². The molecule has 1 aromatic rings. The van der Waals surface area contributed by atoms with Crippen LogP contribution in [0.5, 0.6) is 0 Å². The molecule has 2 amide bonds. The van der Waals surface area contributed by atoms with Crippen LogP contribution in [-0.4, -0.2) is 24.0 Å². The van der Waals surface area contributed by atoms with Gasteiger partial charge < -0.3 is 15.5 Å². The highest BCUT2D eigenvalue weighted by atomic mass is 32.1. The normalized spacial score (nSPS) is 14.6. The van der Waals surface area contributed by atoms with Gasteiger partial charge in [0, 0.05) is 31.8 Å². The van der Waals surface area contributed by atoms with Gasteiger partial charge in [-0.25, -0.2) is 0 Å². The van der Waals surface area contributed by atoms with Gasteiger partial charge in [0.1, 0.15) is 0 Å². The number of carbonyl (C=O) groups excluding carboxylic acids is 2. The molecule has 136 valence electrons. The van der Waals surface area contributed by atoms with Gasteiger partial charge in [-0.15, -0.1) is 0 Å². The Hall–Kier alpha value is -1.95. The van der Waals surface area contributed by atoms with Crippen LogP contribution >= 0.6 is 12.2 Å². The summed E-state index contributed by atoms with van der Waals surface area (Å²) < 4.78 is 0. The molecule has 0 aromatic heterocycles. The second-order valence-corrected chi connectivity index (χ2v) is 7.08. The van der Waals surface area contributed by atoms with Crippen molar-refractivity contribution in [3.63, 3.8) is 0 Å². The molecule has 0 radical (unpaired) electrons. The summed E-state index contributed by atoms with van der Waals surface area (Å²) in [5.41, 5.74) is 1.58. The zero-order valence-corrected chi connectivity index (χ0v) is 15.8. The summed E-state index contributed by atoms with van der Waals surface area (Å²) in [7, 11) is 1.72. The minimum absolute atomic E-state index is 0.0264. The van der Waals surface area contributed by atoms with Gasteiger partial charge in [0.25, 0.3) is 0 Å². The minimum Gasteiger partial charge on any atom is -0.332 e. The van der Waals surface area contributed by atoms with Gasteiger partial charge in [-0.3, -0.25) is 9.59 Å². The molecule has 1 aliphatic carbocycles. The van der Waals surface area contributed by atoms with Crippen molar-refractivity contribution in [1.82, 2.24) is 5.32 Å². The van der Waals surface area contributed by atoms with Crippen LogP contribution in [-0.2, 0) is 9.59 Å². The molecule has 0 unspecified atom stereocenters. The van der Waals surface area contributed by atoms with E-state index in [1.54, 1.807) is 11.9 Å². The summed E-state index contributed by atoms with van der Waals surface area (Å²) in [4.78, 5) is 24.9. The number of hydrogen-bond acceptors (Lipinski definition) is 3. The Kier molecular flexibility index (Phi) is 7.37.